The van der Waals surface area contributed by atoms with Crippen molar-refractivity contribution in [1.82, 2.24) is 14.5 Å². The summed E-state index contributed by atoms with van der Waals surface area (Å²) in [4.78, 5) is 21.0. The van der Waals surface area contributed by atoms with Crippen molar-refractivity contribution in [2.24, 2.45) is 5.92 Å². The van der Waals surface area contributed by atoms with E-state index in [-0.39, 0.29) is 5.56 Å². The molecule has 2 aliphatic heterocycles. The Labute approximate surface area is 175 Å². The third-order valence-electron chi connectivity index (χ3n) is 6.18. The molecule has 0 amide bonds. The van der Waals surface area contributed by atoms with Gasteiger partial charge in [-0.2, -0.15) is 0 Å². The number of thioether (sulfide) groups is 1. The lowest BCUT2D eigenvalue weighted by Gasteiger charge is -2.43. The highest BCUT2D eigenvalue weighted by molar-refractivity contribution is 7.98. The lowest BCUT2D eigenvalue weighted by Crippen LogP contribution is -2.47. The lowest BCUT2D eigenvalue weighted by atomic mass is 9.80. The summed E-state index contributed by atoms with van der Waals surface area (Å²) in [6, 6.07) is 18.6. The number of nitrogens with zero attached hydrogens (tertiary/aromatic N) is 3. The van der Waals surface area contributed by atoms with Crippen LogP contribution in [0.25, 0.3) is 11.1 Å². The first-order chi connectivity index (χ1) is 14.2. The molecule has 3 aromatic rings. The Morgan fingerprint density at radius 3 is 2.66 bits per heavy atom. The zero-order chi connectivity index (χ0) is 19.8. The Morgan fingerprint density at radius 2 is 1.90 bits per heavy atom. The first kappa shape index (κ1) is 18.6. The van der Waals surface area contributed by atoms with Crippen molar-refractivity contribution >= 4 is 11.8 Å². The molecular weight excluding hydrogens is 378 g/mol. The third-order valence-corrected chi connectivity index (χ3v) is 6.92. The summed E-state index contributed by atoms with van der Waals surface area (Å²) in [5.74, 6) is 0.909. The molecule has 0 radical (unpaired) electrons. The molecule has 2 atom stereocenters. The van der Waals surface area contributed by atoms with Gasteiger partial charge in [-0.25, -0.2) is 0 Å². The highest BCUT2D eigenvalue weighted by Crippen LogP contribution is 2.40. The molecule has 2 aromatic heterocycles. The fourth-order valence-corrected chi connectivity index (χ4v) is 5.39. The number of rotatable bonds is 4. The van der Waals surface area contributed by atoms with Crippen molar-refractivity contribution in [2.75, 3.05) is 19.3 Å². The van der Waals surface area contributed by atoms with E-state index < -0.39 is 0 Å². The van der Waals surface area contributed by atoms with E-state index in [0.29, 0.717) is 11.8 Å². The van der Waals surface area contributed by atoms with Crippen LogP contribution in [0.4, 0.5) is 0 Å². The van der Waals surface area contributed by atoms with Gasteiger partial charge in [-0.15, -0.1) is 11.8 Å². The van der Waals surface area contributed by atoms with Crippen LogP contribution in [-0.4, -0.2) is 33.8 Å². The number of fused-ring (bicyclic) bond motifs is 4. The highest BCUT2D eigenvalue weighted by Gasteiger charge is 2.36. The van der Waals surface area contributed by atoms with E-state index in [1.54, 1.807) is 17.8 Å². The lowest BCUT2D eigenvalue weighted by molar-refractivity contribution is 0.113. The van der Waals surface area contributed by atoms with Crippen LogP contribution in [0.15, 0.2) is 70.5 Å². The van der Waals surface area contributed by atoms with Gasteiger partial charge in [0.15, 0.2) is 0 Å². The number of hydrogen-bond acceptors (Lipinski definition) is 4. The van der Waals surface area contributed by atoms with Crippen molar-refractivity contribution in [3.63, 3.8) is 0 Å². The molecule has 5 heteroatoms. The van der Waals surface area contributed by atoms with E-state index >= 15 is 0 Å². The minimum absolute atomic E-state index is 0.136. The first-order valence-corrected chi connectivity index (χ1v) is 11.4. The van der Waals surface area contributed by atoms with Crippen LogP contribution in [0.1, 0.15) is 23.7 Å². The van der Waals surface area contributed by atoms with Crippen LogP contribution in [0.3, 0.4) is 0 Å². The average Bonchev–Trinajstić information content (AvgIpc) is 2.75. The Hall–Kier alpha value is -2.37. The zero-order valence-electron chi connectivity index (χ0n) is 16.6. The van der Waals surface area contributed by atoms with Gasteiger partial charge in [0, 0.05) is 60.5 Å². The predicted octanol–water partition coefficient (Wildman–Crippen LogP) is 4.25. The summed E-state index contributed by atoms with van der Waals surface area (Å²) in [5, 5.41) is 0. The summed E-state index contributed by atoms with van der Waals surface area (Å²) in [5.41, 5.74) is 4.88. The Balaban J connectivity index is 1.50. The molecule has 0 aliphatic carbocycles. The molecule has 148 valence electrons. The Morgan fingerprint density at radius 1 is 1.03 bits per heavy atom. The number of aromatic nitrogens is 2. The number of benzene rings is 1. The van der Waals surface area contributed by atoms with E-state index in [9.17, 15) is 4.79 Å². The Bertz CT molecular complexity index is 1060. The summed E-state index contributed by atoms with van der Waals surface area (Å²) >= 11 is 1.75. The van der Waals surface area contributed by atoms with Crippen LogP contribution < -0.4 is 5.56 Å². The highest BCUT2D eigenvalue weighted by atomic mass is 32.2. The molecule has 1 saturated heterocycles. The van der Waals surface area contributed by atoms with Crippen molar-refractivity contribution in [3.8, 4) is 11.1 Å². The molecule has 1 fully saturated rings. The largest absolute Gasteiger partial charge is 0.311 e. The molecule has 1 aromatic carbocycles. The molecule has 0 saturated carbocycles. The van der Waals surface area contributed by atoms with E-state index in [1.165, 1.54) is 21.7 Å². The van der Waals surface area contributed by atoms with Crippen LogP contribution in [-0.2, 0) is 13.1 Å². The smallest absolute Gasteiger partial charge is 0.250 e. The van der Waals surface area contributed by atoms with Gasteiger partial charge in [-0.05, 0) is 54.5 Å². The quantitative estimate of drug-likeness (QED) is 0.611. The van der Waals surface area contributed by atoms with Gasteiger partial charge in [0.25, 0.3) is 5.56 Å². The van der Waals surface area contributed by atoms with Gasteiger partial charge in [0.2, 0.25) is 0 Å². The van der Waals surface area contributed by atoms with E-state index in [1.807, 2.05) is 18.3 Å². The molecule has 4 nitrogen and oxygen atoms in total. The third kappa shape index (κ3) is 3.65. The molecule has 5 rings (SSSR count). The summed E-state index contributed by atoms with van der Waals surface area (Å²) < 4.78 is 2.05. The van der Waals surface area contributed by atoms with E-state index in [0.717, 1.165) is 38.3 Å². The van der Waals surface area contributed by atoms with Gasteiger partial charge in [0.05, 0.1) is 5.69 Å². The van der Waals surface area contributed by atoms with Gasteiger partial charge < -0.3 is 4.57 Å². The van der Waals surface area contributed by atoms with Crippen molar-refractivity contribution in [3.05, 3.63) is 82.5 Å². The molecular formula is C24H25N3OS. The number of likely N-dealkylation sites (tertiary alicyclic amines) is 1. The second-order valence-electron chi connectivity index (χ2n) is 8.12. The fourth-order valence-electron chi connectivity index (χ4n) is 4.98. The number of hydrogen-bond donors (Lipinski definition) is 0. The van der Waals surface area contributed by atoms with Crippen LogP contribution >= 0.6 is 11.8 Å². The SMILES string of the molecule is CSc1ccc(-c2ccc(=O)n3c2C2CC(CN(Cc4ccccn4)C2)C3)cc1. The van der Waals surface area contributed by atoms with Crippen LogP contribution in [0, 0.1) is 5.92 Å². The maximum Gasteiger partial charge on any atom is 0.250 e. The van der Waals surface area contributed by atoms with E-state index in [2.05, 4.69) is 57.1 Å². The second kappa shape index (κ2) is 7.81. The topological polar surface area (TPSA) is 38.1 Å². The summed E-state index contributed by atoms with van der Waals surface area (Å²) in [6.07, 6.45) is 5.13. The van der Waals surface area contributed by atoms with Gasteiger partial charge in [-0.3, -0.25) is 14.7 Å². The maximum atomic E-state index is 12.7. The second-order valence-corrected chi connectivity index (χ2v) is 9.00. The van der Waals surface area contributed by atoms with Gasteiger partial charge in [-0.1, -0.05) is 18.2 Å². The normalized spacial score (nSPS) is 21.0. The number of piperidine rings is 1. The molecule has 0 spiro atoms. The van der Waals surface area contributed by atoms with Crippen molar-refractivity contribution < 1.29 is 0 Å². The van der Waals surface area contributed by atoms with Crippen molar-refractivity contribution in [1.29, 1.82) is 0 Å². The minimum Gasteiger partial charge on any atom is -0.311 e. The molecule has 2 unspecified atom stereocenters. The van der Waals surface area contributed by atoms with Crippen LogP contribution in [0.5, 0.6) is 0 Å². The molecule has 4 heterocycles. The summed E-state index contributed by atoms with van der Waals surface area (Å²) in [7, 11) is 0. The van der Waals surface area contributed by atoms with Gasteiger partial charge >= 0.3 is 0 Å². The molecule has 2 aliphatic rings. The molecule has 2 bridgehead atoms. The van der Waals surface area contributed by atoms with Crippen molar-refractivity contribution in [2.45, 2.75) is 30.3 Å². The minimum atomic E-state index is 0.136. The Kier molecular flexibility index (Phi) is 5.02. The predicted molar refractivity (Wildman–Crippen MR) is 118 cm³/mol. The first-order valence-electron chi connectivity index (χ1n) is 10.2. The van der Waals surface area contributed by atoms with E-state index in [4.69, 9.17) is 0 Å². The van der Waals surface area contributed by atoms with Gasteiger partial charge in [0.1, 0.15) is 0 Å². The monoisotopic (exact) mass is 403 g/mol. The maximum absolute atomic E-state index is 12.7. The summed E-state index contributed by atoms with van der Waals surface area (Å²) in [6.45, 7) is 3.71. The average molecular weight is 404 g/mol. The number of pyridine rings is 2. The zero-order valence-corrected chi connectivity index (χ0v) is 17.4. The molecule has 29 heavy (non-hydrogen) atoms. The van der Waals surface area contributed by atoms with Crippen LogP contribution in [0.2, 0.25) is 0 Å². The fraction of sp³-hybridized carbons (Fsp3) is 0.333. The molecule has 0 N–H and O–H groups in total. The standard InChI is InChI=1S/C24H25N3OS/c1-29-21-7-5-18(6-8-21)22-9-10-23(28)27-14-17-12-19(24(22)27)15-26(13-17)16-20-4-2-3-11-25-20/h2-11,17,19H,12-16H2,1H3.